The van der Waals surface area contributed by atoms with Crippen molar-refractivity contribution in [2.75, 3.05) is 7.05 Å². The van der Waals surface area contributed by atoms with Gasteiger partial charge in [0.1, 0.15) is 11.6 Å². The first-order chi connectivity index (χ1) is 8.45. The fraction of sp³-hybridized carbons (Fsp3) is 0.571. The molecule has 2 unspecified atom stereocenters. The molecule has 0 spiro atoms. The Kier molecular flexibility index (Phi) is 4.07. The molecule has 1 aliphatic rings. The van der Waals surface area contributed by atoms with Crippen LogP contribution < -0.4 is 5.32 Å². The standard InChI is InChI=1S/C14H18BrF2N/c1-14(6-5-9(7-14)18-2)8-10-12(16)4-3-11(15)13(10)17/h3-4,9,18H,5-8H2,1-2H3. The Hall–Kier alpha value is -0.480. The van der Waals surface area contributed by atoms with Crippen molar-refractivity contribution in [2.45, 2.75) is 38.6 Å². The lowest BCUT2D eigenvalue weighted by atomic mass is 9.81. The van der Waals surface area contributed by atoms with E-state index in [9.17, 15) is 8.78 Å². The molecule has 0 saturated heterocycles. The Bertz CT molecular complexity index is 450. The molecule has 0 aliphatic heterocycles. The summed E-state index contributed by atoms with van der Waals surface area (Å²) in [5.74, 6) is -0.894. The van der Waals surface area contributed by atoms with Gasteiger partial charge in [-0.05, 0) is 66.2 Å². The molecule has 0 heterocycles. The van der Waals surface area contributed by atoms with Crippen LogP contribution in [-0.2, 0) is 6.42 Å². The Morgan fingerprint density at radius 1 is 1.44 bits per heavy atom. The minimum atomic E-state index is -0.455. The zero-order valence-electron chi connectivity index (χ0n) is 10.7. The molecule has 4 heteroatoms. The van der Waals surface area contributed by atoms with Gasteiger partial charge in [0.2, 0.25) is 0 Å². The molecule has 0 bridgehead atoms. The first kappa shape index (κ1) is 13.9. The Labute approximate surface area is 115 Å². The number of hydrogen-bond acceptors (Lipinski definition) is 1. The molecule has 1 nitrogen and oxygen atoms in total. The first-order valence-electron chi connectivity index (χ1n) is 6.25. The third kappa shape index (κ3) is 2.75. The average molecular weight is 318 g/mol. The summed E-state index contributed by atoms with van der Waals surface area (Å²) in [6, 6.07) is 3.21. The van der Waals surface area contributed by atoms with E-state index in [1.807, 2.05) is 7.05 Å². The minimum absolute atomic E-state index is 0.0177. The van der Waals surface area contributed by atoms with E-state index in [1.165, 1.54) is 12.1 Å². The Morgan fingerprint density at radius 3 is 2.78 bits per heavy atom. The van der Waals surface area contributed by atoms with Crippen molar-refractivity contribution in [1.29, 1.82) is 0 Å². The monoisotopic (exact) mass is 317 g/mol. The SMILES string of the molecule is CNC1CCC(C)(Cc2c(F)ccc(Br)c2F)C1. The van der Waals surface area contributed by atoms with Crippen LogP contribution in [-0.4, -0.2) is 13.1 Å². The number of benzene rings is 1. The van der Waals surface area contributed by atoms with E-state index in [4.69, 9.17) is 0 Å². The van der Waals surface area contributed by atoms with Gasteiger partial charge in [-0.25, -0.2) is 8.78 Å². The smallest absolute Gasteiger partial charge is 0.143 e. The molecular formula is C14H18BrF2N. The summed E-state index contributed by atoms with van der Waals surface area (Å²) in [6.45, 7) is 2.12. The van der Waals surface area contributed by atoms with Gasteiger partial charge in [-0.1, -0.05) is 6.92 Å². The minimum Gasteiger partial charge on any atom is -0.317 e. The topological polar surface area (TPSA) is 12.0 Å². The molecule has 2 rings (SSSR count). The van der Waals surface area contributed by atoms with Gasteiger partial charge < -0.3 is 5.32 Å². The predicted molar refractivity (Wildman–Crippen MR) is 72.6 cm³/mol. The third-order valence-electron chi connectivity index (χ3n) is 3.99. The second kappa shape index (κ2) is 5.25. The molecule has 1 aliphatic carbocycles. The Balaban J connectivity index is 2.22. The first-order valence-corrected chi connectivity index (χ1v) is 7.04. The van der Waals surface area contributed by atoms with Crippen LogP contribution in [0.25, 0.3) is 0 Å². The van der Waals surface area contributed by atoms with Gasteiger partial charge in [-0.2, -0.15) is 0 Å². The molecule has 1 aromatic carbocycles. The normalized spacial score (nSPS) is 27.7. The molecule has 0 amide bonds. The molecule has 2 atom stereocenters. The predicted octanol–water partition coefficient (Wildman–Crippen LogP) is 4.05. The third-order valence-corrected chi connectivity index (χ3v) is 4.60. The summed E-state index contributed by atoms with van der Waals surface area (Å²) in [5.41, 5.74) is 0.194. The summed E-state index contributed by atoms with van der Waals surface area (Å²) >= 11 is 3.12. The van der Waals surface area contributed by atoms with Crippen molar-refractivity contribution in [3.63, 3.8) is 0 Å². The van der Waals surface area contributed by atoms with Crippen molar-refractivity contribution < 1.29 is 8.78 Å². The van der Waals surface area contributed by atoms with Crippen molar-refractivity contribution in [2.24, 2.45) is 5.41 Å². The maximum atomic E-state index is 14.0. The fourth-order valence-corrected chi connectivity index (χ4v) is 3.26. The van der Waals surface area contributed by atoms with Crippen LogP contribution in [0.4, 0.5) is 8.78 Å². The van der Waals surface area contributed by atoms with Crippen LogP contribution in [0.2, 0.25) is 0 Å². The highest BCUT2D eigenvalue weighted by atomic mass is 79.9. The highest BCUT2D eigenvalue weighted by molar-refractivity contribution is 9.10. The summed E-state index contributed by atoms with van der Waals surface area (Å²) in [7, 11) is 1.94. The van der Waals surface area contributed by atoms with Gasteiger partial charge in [0, 0.05) is 11.6 Å². The van der Waals surface area contributed by atoms with E-state index >= 15 is 0 Å². The van der Waals surface area contributed by atoms with E-state index in [-0.39, 0.29) is 11.0 Å². The molecule has 100 valence electrons. The fourth-order valence-electron chi connectivity index (χ4n) is 2.89. The van der Waals surface area contributed by atoms with Gasteiger partial charge in [-0.15, -0.1) is 0 Å². The van der Waals surface area contributed by atoms with Gasteiger partial charge in [-0.3, -0.25) is 0 Å². The molecule has 1 fully saturated rings. The summed E-state index contributed by atoms with van der Waals surface area (Å²) in [4.78, 5) is 0. The zero-order valence-corrected chi connectivity index (χ0v) is 12.3. The van der Waals surface area contributed by atoms with E-state index in [0.717, 1.165) is 19.3 Å². The number of nitrogens with one attached hydrogen (secondary N) is 1. The van der Waals surface area contributed by atoms with Crippen molar-refractivity contribution >= 4 is 15.9 Å². The summed E-state index contributed by atoms with van der Waals surface area (Å²) in [5, 5.41) is 3.25. The van der Waals surface area contributed by atoms with Gasteiger partial charge in [0.05, 0.1) is 4.47 Å². The van der Waals surface area contributed by atoms with Crippen LogP contribution in [0.15, 0.2) is 16.6 Å². The maximum absolute atomic E-state index is 14.0. The number of halogens is 3. The molecule has 1 saturated carbocycles. The lowest BCUT2D eigenvalue weighted by Crippen LogP contribution is -2.25. The molecule has 18 heavy (non-hydrogen) atoms. The molecule has 1 aromatic rings. The van der Waals surface area contributed by atoms with Crippen molar-refractivity contribution in [3.8, 4) is 0 Å². The van der Waals surface area contributed by atoms with Crippen LogP contribution in [0.1, 0.15) is 31.7 Å². The molecular weight excluding hydrogens is 300 g/mol. The van der Waals surface area contributed by atoms with E-state index in [0.29, 0.717) is 16.9 Å². The highest BCUT2D eigenvalue weighted by Gasteiger charge is 2.36. The Morgan fingerprint density at radius 2 is 2.17 bits per heavy atom. The lowest BCUT2D eigenvalue weighted by Gasteiger charge is -2.25. The largest absolute Gasteiger partial charge is 0.317 e. The lowest BCUT2D eigenvalue weighted by molar-refractivity contribution is 0.314. The van der Waals surface area contributed by atoms with Crippen molar-refractivity contribution in [1.82, 2.24) is 5.32 Å². The van der Waals surface area contributed by atoms with Crippen molar-refractivity contribution in [3.05, 3.63) is 33.8 Å². The molecule has 1 N–H and O–H groups in total. The maximum Gasteiger partial charge on any atom is 0.143 e. The second-order valence-electron chi connectivity index (χ2n) is 5.54. The van der Waals surface area contributed by atoms with Crippen LogP contribution in [0.3, 0.4) is 0 Å². The van der Waals surface area contributed by atoms with E-state index < -0.39 is 11.6 Å². The van der Waals surface area contributed by atoms with Crippen LogP contribution in [0.5, 0.6) is 0 Å². The molecule has 0 radical (unpaired) electrons. The zero-order chi connectivity index (χ0) is 13.3. The molecule has 0 aromatic heterocycles. The van der Waals surface area contributed by atoms with Crippen LogP contribution >= 0.6 is 15.9 Å². The van der Waals surface area contributed by atoms with Gasteiger partial charge >= 0.3 is 0 Å². The second-order valence-corrected chi connectivity index (χ2v) is 6.39. The quantitative estimate of drug-likeness (QED) is 0.829. The highest BCUT2D eigenvalue weighted by Crippen LogP contribution is 2.41. The summed E-state index contributed by atoms with van der Waals surface area (Å²) in [6.07, 6.45) is 3.51. The van der Waals surface area contributed by atoms with E-state index in [1.54, 1.807) is 0 Å². The van der Waals surface area contributed by atoms with Gasteiger partial charge in [0.15, 0.2) is 0 Å². The average Bonchev–Trinajstić information content (AvgIpc) is 2.72. The number of rotatable bonds is 3. The van der Waals surface area contributed by atoms with E-state index in [2.05, 4.69) is 28.2 Å². The van der Waals surface area contributed by atoms with Crippen LogP contribution in [0, 0.1) is 17.0 Å². The number of hydrogen-bond donors (Lipinski definition) is 1. The summed E-state index contributed by atoms with van der Waals surface area (Å²) < 4.78 is 28.1. The van der Waals surface area contributed by atoms with Gasteiger partial charge in [0.25, 0.3) is 0 Å².